The van der Waals surface area contributed by atoms with Crippen LogP contribution in [0.5, 0.6) is 0 Å². The molecule has 2 amide bonds. The molecule has 4 nitrogen and oxygen atoms in total. The van der Waals surface area contributed by atoms with Gasteiger partial charge in [-0.15, -0.1) is 0 Å². The summed E-state index contributed by atoms with van der Waals surface area (Å²) in [7, 11) is 0. The van der Waals surface area contributed by atoms with Crippen LogP contribution in [0.2, 0.25) is 0 Å². The molecule has 2 N–H and O–H groups in total. The van der Waals surface area contributed by atoms with Crippen LogP contribution in [-0.4, -0.2) is 36.1 Å². The van der Waals surface area contributed by atoms with E-state index in [9.17, 15) is 4.79 Å². The van der Waals surface area contributed by atoms with Crippen molar-refractivity contribution in [1.29, 1.82) is 0 Å². The molecule has 0 aromatic heterocycles. The van der Waals surface area contributed by atoms with Crippen LogP contribution in [0.4, 0.5) is 10.5 Å². The molecule has 0 spiro atoms. The van der Waals surface area contributed by atoms with E-state index >= 15 is 0 Å². The minimum Gasteiger partial charge on any atom is -0.336 e. The van der Waals surface area contributed by atoms with Crippen LogP contribution in [0.15, 0.2) is 18.2 Å². The smallest absolute Gasteiger partial charge is 0.319 e. The van der Waals surface area contributed by atoms with Crippen molar-refractivity contribution in [2.24, 2.45) is 0 Å². The van der Waals surface area contributed by atoms with Crippen molar-refractivity contribution in [3.63, 3.8) is 0 Å². The van der Waals surface area contributed by atoms with Gasteiger partial charge in [0.1, 0.15) is 0 Å². The average Bonchev–Trinajstić information content (AvgIpc) is 2.49. The third kappa shape index (κ3) is 4.47. The lowest BCUT2D eigenvalue weighted by Crippen LogP contribution is -2.49. The highest BCUT2D eigenvalue weighted by molar-refractivity contribution is 5.89. The first kappa shape index (κ1) is 16.8. The third-order valence-electron chi connectivity index (χ3n) is 4.74. The van der Waals surface area contributed by atoms with E-state index in [2.05, 4.69) is 43.2 Å². The summed E-state index contributed by atoms with van der Waals surface area (Å²) >= 11 is 0. The van der Waals surface area contributed by atoms with Crippen molar-refractivity contribution in [2.45, 2.75) is 59.0 Å². The summed E-state index contributed by atoms with van der Waals surface area (Å²) in [6.45, 7) is 10.4. The Kier molecular flexibility index (Phi) is 5.83. The number of nitrogens with one attached hydrogen (secondary N) is 2. The predicted molar refractivity (Wildman–Crippen MR) is 92.4 cm³/mol. The van der Waals surface area contributed by atoms with Gasteiger partial charge in [-0.3, -0.25) is 4.90 Å². The predicted octanol–water partition coefficient (Wildman–Crippen LogP) is 3.69. The zero-order chi connectivity index (χ0) is 16.1. The fraction of sp³-hybridized carbons (Fsp3) is 0.611. The molecule has 1 aromatic carbocycles. The number of benzene rings is 1. The first-order valence-corrected chi connectivity index (χ1v) is 8.35. The maximum atomic E-state index is 12.0. The molecule has 1 aliphatic rings. The molecule has 0 aliphatic carbocycles. The molecule has 2 rings (SSSR count). The molecule has 0 unspecified atom stereocenters. The Morgan fingerprint density at radius 1 is 1.32 bits per heavy atom. The second-order valence-electron chi connectivity index (χ2n) is 6.57. The van der Waals surface area contributed by atoms with Crippen molar-refractivity contribution in [3.8, 4) is 0 Å². The van der Waals surface area contributed by atoms with Crippen LogP contribution >= 0.6 is 0 Å². The zero-order valence-electron chi connectivity index (χ0n) is 14.3. The molecule has 122 valence electrons. The lowest BCUT2D eigenvalue weighted by molar-refractivity contribution is 0.114. The summed E-state index contributed by atoms with van der Waals surface area (Å²) < 4.78 is 0. The number of likely N-dealkylation sites (tertiary alicyclic amines) is 1. The second-order valence-corrected chi connectivity index (χ2v) is 6.57. The number of carbonyl (C=O) groups is 1. The van der Waals surface area contributed by atoms with Crippen LogP contribution in [-0.2, 0) is 0 Å². The van der Waals surface area contributed by atoms with Gasteiger partial charge in [-0.25, -0.2) is 4.79 Å². The highest BCUT2D eigenvalue weighted by atomic mass is 16.2. The number of anilines is 1. The summed E-state index contributed by atoms with van der Waals surface area (Å²) in [6.07, 6.45) is 3.85. The fourth-order valence-corrected chi connectivity index (χ4v) is 3.13. The molecule has 0 radical (unpaired) electrons. The summed E-state index contributed by atoms with van der Waals surface area (Å²) in [5, 5.41) is 5.90. The van der Waals surface area contributed by atoms with E-state index in [1.54, 1.807) is 0 Å². The Bertz CT molecular complexity index is 515. The SMILES string of the molecule is Cc1ccc(NC(=O)NC[C@H](C)N2CCCC[C@@H]2C)cc1C. The van der Waals surface area contributed by atoms with Gasteiger partial charge < -0.3 is 10.6 Å². The molecule has 1 saturated heterocycles. The molecule has 1 heterocycles. The second kappa shape index (κ2) is 7.63. The van der Waals surface area contributed by atoms with E-state index in [0.29, 0.717) is 18.6 Å². The largest absolute Gasteiger partial charge is 0.336 e. The molecular formula is C18H29N3O. The maximum Gasteiger partial charge on any atom is 0.319 e. The topological polar surface area (TPSA) is 44.4 Å². The van der Waals surface area contributed by atoms with Gasteiger partial charge in [0.05, 0.1) is 0 Å². The molecule has 1 fully saturated rings. The quantitative estimate of drug-likeness (QED) is 0.891. The van der Waals surface area contributed by atoms with Gasteiger partial charge in [-0.1, -0.05) is 12.5 Å². The molecule has 0 saturated carbocycles. The summed E-state index contributed by atoms with van der Waals surface area (Å²) in [4.78, 5) is 14.5. The number of hydrogen-bond donors (Lipinski definition) is 2. The highest BCUT2D eigenvalue weighted by Crippen LogP contribution is 2.18. The number of amides is 2. The Morgan fingerprint density at radius 3 is 2.77 bits per heavy atom. The first-order chi connectivity index (χ1) is 10.5. The molecule has 1 aromatic rings. The molecule has 22 heavy (non-hydrogen) atoms. The Morgan fingerprint density at radius 2 is 2.09 bits per heavy atom. The van der Waals surface area contributed by atoms with E-state index in [4.69, 9.17) is 0 Å². The summed E-state index contributed by atoms with van der Waals surface area (Å²) in [5.74, 6) is 0. The third-order valence-corrected chi connectivity index (χ3v) is 4.74. The molecular weight excluding hydrogens is 274 g/mol. The number of urea groups is 1. The van der Waals surface area contributed by atoms with Crippen molar-refractivity contribution in [3.05, 3.63) is 29.3 Å². The van der Waals surface area contributed by atoms with Crippen LogP contribution in [0, 0.1) is 13.8 Å². The fourth-order valence-electron chi connectivity index (χ4n) is 3.13. The van der Waals surface area contributed by atoms with E-state index in [1.807, 2.05) is 18.2 Å². The summed E-state index contributed by atoms with van der Waals surface area (Å²) in [5.41, 5.74) is 3.27. The highest BCUT2D eigenvalue weighted by Gasteiger charge is 2.23. The van der Waals surface area contributed by atoms with Gasteiger partial charge in [-0.2, -0.15) is 0 Å². The summed E-state index contributed by atoms with van der Waals surface area (Å²) in [6, 6.07) is 6.85. The zero-order valence-corrected chi connectivity index (χ0v) is 14.3. The standard InChI is InChI=1S/C18H29N3O/c1-13-8-9-17(11-14(13)2)20-18(22)19-12-16(4)21-10-6-5-7-15(21)3/h8-9,11,15-16H,5-7,10,12H2,1-4H3,(H2,19,20,22)/t15-,16-/m0/s1. The van der Waals surface area contributed by atoms with Crippen molar-refractivity contribution >= 4 is 11.7 Å². The lowest BCUT2D eigenvalue weighted by atomic mass is 10.0. The van der Waals surface area contributed by atoms with Crippen molar-refractivity contribution in [2.75, 3.05) is 18.4 Å². The van der Waals surface area contributed by atoms with E-state index in [1.165, 1.54) is 30.4 Å². The molecule has 1 aliphatic heterocycles. The normalized spacial score (nSPS) is 20.5. The van der Waals surface area contributed by atoms with Gasteiger partial charge >= 0.3 is 6.03 Å². The Labute approximate surface area is 134 Å². The lowest BCUT2D eigenvalue weighted by Gasteiger charge is -2.38. The van der Waals surface area contributed by atoms with Crippen molar-refractivity contribution < 1.29 is 4.79 Å². The van der Waals surface area contributed by atoms with Crippen LogP contribution in [0.25, 0.3) is 0 Å². The number of rotatable bonds is 4. The number of carbonyl (C=O) groups excluding carboxylic acids is 1. The molecule has 0 bridgehead atoms. The number of piperidine rings is 1. The molecule has 2 atom stereocenters. The van der Waals surface area contributed by atoms with Crippen LogP contribution < -0.4 is 10.6 Å². The molecule has 4 heteroatoms. The van der Waals surface area contributed by atoms with Crippen LogP contribution in [0.3, 0.4) is 0 Å². The Balaban J connectivity index is 1.80. The Hall–Kier alpha value is -1.55. The number of aryl methyl sites for hydroxylation is 2. The van der Waals surface area contributed by atoms with E-state index in [0.717, 1.165) is 12.2 Å². The minimum absolute atomic E-state index is 0.125. The van der Waals surface area contributed by atoms with Gasteiger partial charge in [0.2, 0.25) is 0 Å². The maximum absolute atomic E-state index is 12.0. The monoisotopic (exact) mass is 303 g/mol. The van der Waals surface area contributed by atoms with Gasteiger partial charge in [0.25, 0.3) is 0 Å². The van der Waals surface area contributed by atoms with E-state index < -0.39 is 0 Å². The van der Waals surface area contributed by atoms with E-state index in [-0.39, 0.29) is 6.03 Å². The van der Waals surface area contributed by atoms with Gasteiger partial charge in [0, 0.05) is 24.3 Å². The van der Waals surface area contributed by atoms with Crippen LogP contribution in [0.1, 0.15) is 44.2 Å². The van der Waals surface area contributed by atoms with Crippen molar-refractivity contribution in [1.82, 2.24) is 10.2 Å². The average molecular weight is 303 g/mol. The van der Waals surface area contributed by atoms with Gasteiger partial charge in [0.15, 0.2) is 0 Å². The first-order valence-electron chi connectivity index (χ1n) is 8.35. The number of nitrogens with zero attached hydrogens (tertiary/aromatic N) is 1. The van der Waals surface area contributed by atoms with Gasteiger partial charge in [-0.05, 0) is 70.3 Å². The number of hydrogen-bond acceptors (Lipinski definition) is 2. The minimum atomic E-state index is -0.125.